The Hall–Kier alpha value is -1.84. The van der Waals surface area contributed by atoms with E-state index in [2.05, 4.69) is 12.1 Å². The first-order chi connectivity index (χ1) is 12.2. The van der Waals surface area contributed by atoms with E-state index >= 15 is 0 Å². The van der Waals surface area contributed by atoms with Gasteiger partial charge < -0.3 is 9.47 Å². The van der Waals surface area contributed by atoms with Crippen LogP contribution in [0.5, 0.6) is 0 Å². The lowest BCUT2D eigenvalue weighted by atomic mass is 9.99. The van der Waals surface area contributed by atoms with E-state index in [-0.39, 0.29) is 0 Å². The SMILES string of the molecule is CCCCOC(=O)C(CCCCc1ccccc1)C(=O)OCCCC. The van der Waals surface area contributed by atoms with Crippen molar-refractivity contribution in [2.24, 2.45) is 5.92 Å². The van der Waals surface area contributed by atoms with Crippen LogP contribution in [-0.2, 0) is 25.5 Å². The van der Waals surface area contributed by atoms with Gasteiger partial charge in [-0.2, -0.15) is 0 Å². The Kier molecular flexibility index (Phi) is 11.4. The number of hydrogen-bond donors (Lipinski definition) is 0. The third-order valence-corrected chi connectivity index (χ3v) is 4.10. The van der Waals surface area contributed by atoms with Crippen LogP contribution in [0.25, 0.3) is 0 Å². The maximum absolute atomic E-state index is 12.2. The van der Waals surface area contributed by atoms with Crippen molar-refractivity contribution < 1.29 is 19.1 Å². The summed E-state index contributed by atoms with van der Waals surface area (Å²) in [6, 6.07) is 10.2. The van der Waals surface area contributed by atoms with Gasteiger partial charge in [-0.25, -0.2) is 0 Å². The molecule has 0 aromatic heterocycles. The minimum Gasteiger partial charge on any atom is -0.465 e. The van der Waals surface area contributed by atoms with Crippen LogP contribution in [0.3, 0.4) is 0 Å². The standard InChI is InChI=1S/C21H32O4/c1-3-5-16-24-20(22)19(21(23)25-17-6-4-2)15-11-10-14-18-12-8-7-9-13-18/h7-9,12-13,19H,3-6,10-11,14-17H2,1-2H3. The molecule has 0 aliphatic carbocycles. The highest BCUT2D eigenvalue weighted by Crippen LogP contribution is 2.16. The monoisotopic (exact) mass is 348 g/mol. The molecule has 0 amide bonds. The van der Waals surface area contributed by atoms with Crippen molar-refractivity contribution in [3.8, 4) is 0 Å². The molecule has 0 unspecified atom stereocenters. The van der Waals surface area contributed by atoms with Gasteiger partial charge in [-0.15, -0.1) is 0 Å². The molecule has 0 radical (unpaired) electrons. The van der Waals surface area contributed by atoms with E-state index in [4.69, 9.17) is 9.47 Å². The number of unbranched alkanes of at least 4 members (excludes halogenated alkanes) is 3. The van der Waals surface area contributed by atoms with Crippen LogP contribution >= 0.6 is 0 Å². The second kappa shape index (κ2) is 13.5. The maximum atomic E-state index is 12.2. The van der Waals surface area contributed by atoms with Crippen molar-refractivity contribution in [2.75, 3.05) is 13.2 Å². The summed E-state index contributed by atoms with van der Waals surface area (Å²) in [5.74, 6) is -1.66. The van der Waals surface area contributed by atoms with Crippen LogP contribution in [-0.4, -0.2) is 25.2 Å². The molecule has 0 heterocycles. The number of benzene rings is 1. The Labute approximate surface area is 151 Å². The summed E-state index contributed by atoms with van der Waals surface area (Å²) in [4.78, 5) is 24.5. The highest BCUT2D eigenvalue weighted by molar-refractivity contribution is 5.94. The second-order valence-electron chi connectivity index (χ2n) is 6.33. The normalized spacial score (nSPS) is 10.7. The average Bonchev–Trinajstić information content (AvgIpc) is 2.62. The summed E-state index contributed by atoms with van der Waals surface area (Å²) in [5, 5.41) is 0. The summed E-state index contributed by atoms with van der Waals surface area (Å²) in [7, 11) is 0. The first-order valence-corrected chi connectivity index (χ1v) is 9.56. The Morgan fingerprint density at radius 2 is 1.40 bits per heavy atom. The highest BCUT2D eigenvalue weighted by atomic mass is 16.6. The third-order valence-electron chi connectivity index (χ3n) is 4.10. The molecule has 140 valence electrons. The first-order valence-electron chi connectivity index (χ1n) is 9.56. The van der Waals surface area contributed by atoms with Crippen molar-refractivity contribution in [3.63, 3.8) is 0 Å². The Bertz CT molecular complexity index is 462. The number of carbonyl (C=O) groups is 2. The van der Waals surface area contributed by atoms with E-state index in [9.17, 15) is 9.59 Å². The molecule has 0 aliphatic heterocycles. The minimum absolute atomic E-state index is 0.373. The predicted octanol–water partition coefficient (Wildman–Crippen LogP) is 4.70. The molecule has 0 spiro atoms. The largest absolute Gasteiger partial charge is 0.465 e. The van der Waals surface area contributed by atoms with Gasteiger partial charge in [0, 0.05) is 0 Å². The predicted molar refractivity (Wildman–Crippen MR) is 99.2 cm³/mol. The molecular formula is C21H32O4. The van der Waals surface area contributed by atoms with Gasteiger partial charge in [0.1, 0.15) is 0 Å². The quantitative estimate of drug-likeness (QED) is 0.294. The van der Waals surface area contributed by atoms with E-state index in [1.165, 1.54) is 5.56 Å². The highest BCUT2D eigenvalue weighted by Gasteiger charge is 2.29. The smallest absolute Gasteiger partial charge is 0.320 e. The molecule has 0 aliphatic rings. The summed E-state index contributed by atoms with van der Waals surface area (Å²) in [6.45, 7) is 4.82. The molecular weight excluding hydrogens is 316 g/mol. The van der Waals surface area contributed by atoms with E-state index in [1.54, 1.807) is 0 Å². The fraction of sp³-hybridized carbons (Fsp3) is 0.619. The summed E-state index contributed by atoms with van der Waals surface area (Å²) < 4.78 is 10.5. The van der Waals surface area contributed by atoms with Crippen LogP contribution in [0.15, 0.2) is 30.3 Å². The molecule has 1 rings (SSSR count). The van der Waals surface area contributed by atoms with Gasteiger partial charge >= 0.3 is 11.9 Å². The number of ether oxygens (including phenoxy) is 2. The molecule has 0 saturated carbocycles. The third kappa shape index (κ3) is 9.28. The minimum atomic E-state index is -0.788. The van der Waals surface area contributed by atoms with Gasteiger partial charge in [-0.1, -0.05) is 63.4 Å². The van der Waals surface area contributed by atoms with Gasteiger partial charge in [-0.3, -0.25) is 9.59 Å². The van der Waals surface area contributed by atoms with Crippen LogP contribution in [0, 0.1) is 5.92 Å². The number of aryl methyl sites for hydroxylation is 1. The van der Waals surface area contributed by atoms with Crippen molar-refractivity contribution in [1.29, 1.82) is 0 Å². The van der Waals surface area contributed by atoms with Crippen LogP contribution in [0.1, 0.15) is 64.4 Å². The van der Waals surface area contributed by atoms with Crippen molar-refractivity contribution in [1.82, 2.24) is 0 Å². The molecule has 0 N–H and O–H groups in total. The molecule has 0 saturated heterocycles. The van der Waals surface area contributed by atoms with Gasteiger partial charge in [0.2, 0.25) is 0 Å². The van der Waals surface area contributed by atoms with E-state index < -0.39 is 17.9 Å². The summed E-state index contributed by atoms with van der Waals surface area (Å²) in [6.07, 6.45) is 6.71. The van der Waals surface area contributed by atoms with Crippen molar-refractivity contribution >= 4 is 11.9 Å². The number of carbonyl (C=O) groups excluding carboxylic acids is 2. The summed E-state index contributed by atoms with van der Waals surface area (Å²) in [5.41, 5.74) is 1.27. The fourth-order valence-electron chi connectivity index (χ4n) is 2.49. The molecule has 0 bridgehead atoms. The van der Waals surface area contributed by atoms with Gasteiger partial charge in [0.15, 0.2) is 5.92 Å². The lowest BCUT2D eigenvalue weighted by molar-refractivity contribution is -0.162. The van der Waals surface area contributed by atoms with Gasteiger partial charge in [0.25, 0.3) is 0 Å². The van der Waals surface area contributed by atoms with Gasteiger partial charge in [-0.05, 0) is 37.7 Å². The van der Waals surface area contributed by atoms with Crippen molar-refractivity contribution in [3.05, 3.63) is 35.9 Å². The number of rotatable bonds is 13. The fourth-order valence-corrected chi connectivity index (χ4v) is 2.49. The molecule has 4 heteroatoms. The molecule has 1 aromatic rings. The number of hydrogen-bond acceptors (Lipinski definition) is 4. The van der Waals surface area contributed by atoms with Crippen LogP contribution < -0.4 is 0 Å². The Balaban J connectivity index is 2.45. The van der Waals surface area contributed by atoms with E-state index in [0.717, 1.165) is 44.9 Å². The molecule has 25 heavy (non-hydrogen) atoms. The zero-order valence-electron chi connectivity index (χ0n) is 15.7. The average molecular weight is 348 g/mol. The Morgan fingerprint density at radius 1 is 0.840 bits per heavy atom. The topological polar surface area (TPSA) is 52.6 Å². The zero-order valence-corrected chi connectivity index (χ0v) is 15.7. The van der Waals surface area contributed by atoms with Gasteiger partial charge in [0.05, 0.1) is 13.2 Å². The lowest BCUT2D eigenvalue weighted by Gasteiger charge is -2.15. The maximum Gasteiger partial charge on any atom is 0.320 e. The second-order valence-corrected chi connectivity index (χ2v) is 6.33. The molecule has 4 nitrogen and oxygen atoms in total. The van der Waals surface area contributed by atoms with Crippen LogP contribution in [0.2, 0.25) is 0 Å². The molecule has 1 aromatic carbocycles. The lowest BCUT2D eigenvalue weighted by Crippen LogP contribution is -2.28. The molecule has 0 fully saturated rings. The number of esters is 2. The zero-order chi connectivity index (χ0) is 18.3. The van der Waals surface area contributed by atoms with Crippen molar-refractivity contribution in [2.45, 2.75) is 65.2 Å². The molecule has 0 atom stereocenters. The Morgan fingerprint density at radius 3 is 1.92 bits per heavy atom. The summed E-state index contributed by atoms with van der Waals surface area (Å²) >= 11 is 0. The van der Waals surface area contributed by atoms with E-state index in [0.29, 0.717) is 19.6 Å². The first kappa shape index (κ1) is 21.2. The van der Waals surface area contributed by atoms with Crippen LogP contribution in [0.4, 0.5) is 0 Å². The van der Waals surface area contributed by atoms with E-state index in [1.807, 2.05) is 32.0 Å².